The molecule has 0 saturated carbocycles. The molecular weight excluding hydrogens is 414 g/mol. The number of thioether (sulfide) groups is 1. The van der Waals surface area contributed by atoms with Crippen molar-refractivity contribution in [3.63, 3.8) is 0 Å². The summed E-state index contributed by atoms with van der Waals surface area (Å²) in [4.78, 5) is 36.2. The number of piperidine rings is 1. The molecule has 26 heavy (non-hydrogen) atoms. The molecule has 0 unspecified atom stereocenters. The first-order valence-electron chi connectivity index (χ1n) is 8.53. The van der Waals surface area contributed by atoms with E-state index in [9.17, 15) is 9.59 Å². The van der Waals surface area contributed by atoms with E-state index < -0.39 is 0 Å². The zero-order valence-electron chi connectivity index (χ0n) is 14.5. The summed E-state index contributed by atoms with van der Waals surface area (Å²) in [5.74, 6) is 0.850. The maximum atomic E-state index is 12.5. The predicted octanol–water partition coefficient (Wildman–Crippen LogP) is 4.45. The third-order valence-electron chi connectivity index (χ3n) is 4.45. The van der Waals surface area contributed by atoms with Crippen molar-refractivity contribution >= 4 is 38.7 Å². The highest BCUT2D eigenvalue weighted by Gasteiger charge is 2.28. The summed E-state index contributed by atoms with van der Waals surface area (Å²) in [6.07, 6.45) is 3.24. The number of aryl methyl sites for hydroxylation is 1. The molecule has 136 valence electrons. The van der Waals surface area contributed by atoms with Gasteiger partial charge in [-0.05, 0) is 43.7 Å². The Hall–Kier alpha value is -1.73. The van der Waals surface area contributed by atoms with Gasteiger partial charge in [0.1, 0.15) is 5.82 Å². The smallest absolute Gasteiger partial charge is 0.286 e. The molecule has 0 radical (unpaired) electrons. The van der Waals surface area contributed by atoms with Crippen LogP contribution in [0.4, 0.5) is 4.79 Å². The average Bonchev–Trinajstić information content (AvgIpc) is 2.68. The predicted molar refractivity (Wildman–Crippen MR) is 106 cm³/mol. The second-order valence-corrected chi connectivity index (χ2v) is 7.80. The Morgan fingerprint density at radius 2 is 1.92 bits per heavy atom. The first kappa shape index (κ1) is 19.0. The topological polar surface area (TPSA) is 63.2 Å². The van der Waals surface area contributed by atoms with Crippen molar-refractivity contribution in [3.8, 4) is 0 Å². The standard InChI is InChI=1S/C19H20BrN3O2S/c1-13-21-12-16(17(24)11-20)18(22-13)14-7-9-23(10-8-14)19(25)26-15-5-3-2-4-6-15/h2-6,12,14H,7-11H2,1H3. The maximum absolute atomic E-state index is 12.5. The Kier molecular flexibility index (Phi) is 6.43. The van der Waals surface area contributed by atoms with Crippen LogP contribution in [0.15, 0.2) is 41.4 Å². The number of Topliss-reactive ketones (excluding diaryl/α,β-unsaturated/α-hetero) is 1. The Bertz CT molecular complexity index is 793. The average molecular weight is 434 g/mol. The zero-order valence-corrected chi connectivity index (χ0v) is 16.9. The molecule has 0 atom stereocenters. The van der Waals surface area contributed by atoms with Crippen molar-refractivity contribution in [2.75, 3.05) is 18.4 Å². The molecule has 2 aromatic rings. The SMILES string of the molecule is Cc1ncc(C(=O)CBr)c(C2CCN(C(=O)Sc3ccccc3)CC2)n1. The molecule has 1 saturated heterocycles. The molecule has 0 spiro atoms. The number of halogens is 1. The number of likely N-dealkylation sites (tertiary alicyclic amines) is 1. The Morgan fingerprint density at radius 1 is 1.23 bits per heavy atom. The Labute approximate surface area is 165 Å². The zero-order chi connectivity index (χ0) is 18.5. The maximum Gasteiger partial charge on any atom is 0.286 e. The van der Waals surface area contributed by atoms with Crippen LogP contribution in [0.2, 0.25) is 0 Å². The van der Waals surface area contributed by atoms with Crippen LogP contribution in [-0.2, 0) is 0 Å². The number of nitrogens with zero attached hydrogens (tertiary/aromatic N) is 3. The first-order valence-corrected chi connectivity index (χ1v) is 10.5. The van der Waals surface area contributed by atoms with Crippen molar-refractivity contribution < 1.29 is 9.59 Å². The molecule has 0 N–H and O–H groups in total. The molecule has 1 aliphatic heterocycles. The number of hydrogen-bond acceptors (Lipinski definition) is 5. The molecule has 1 aromatic carbocycles. The van der Waals surface area contributed by atoms with E-state index in [2.05, 4.69) is 25.9 Å². The molecule has 7 heteroatoms. The van der Waals surface area contributed by atoms with Crippen LogP contribution in [0.5, 0.6) is 0 Å². The van der Waals surface area contributed by atoms with Gasteiger partial charge in [0.2, 0.25) is 0 Å². The molecule has 1 aromatic heterocycles. The van der Waals surface area contributed by atoms with Gasteiger partial charge in [-0.1, -0.05) is 34.1 Å². The quantitative estimate of drug-likeness (QED) is 0.404. The van der Waals surface area contributed by atoms with E-state index in [1.165, 1.54) is 11.8 Å². The number of ketones is 1. The first-order chi connectivity index (χ1) is 12.6. The summed E-state index contributed by atoms with van der Waals surface area (Å²) >= 11 is 4.49. The number of aromatic nitrogens is 2. The lowest BCUT2D eigenvalue weighted by molar-refractivity contribution is 0.102. The van der Waals surface area contributed by atoms with Crippen LogP contribution >= 0.6 is 27.7 Å². The highest BCUT2D eigenvalue weighted by Crippen LogP contribution is 2.31. The van der Waals surface area contributed by atoms with Gasteiger partial charge in [0.15, 0.2) is 5.78 Å². The molecule has 1 amide bonds. The van der Waals surface area contributed by atoms with Crippen LogP contribution in [-0.4, -0.2) is 44.3 Å². The van der Waals surface area contributed by atoms with Gasteiger partial charge in [-0.2, -0.15) is 0 Å². The number of benzene rings is 1. The molecule has 2 heterocycles. The van der Waals surface area contributed by atoms with Crippen LogP contribution < -0.4 is 0 Å². The Balaban J connectivity index is 1.66. The number of carbonyl (C=O) groups excluding carboxylic acids is 2. The van der Waals surface area contributed by atoms with Crippen LogP contribution in [0, 0.1) is 6.92 Å². The van der Waals surface area contributed by atoms with Gasteiger partial charge < -0.3 is 4.90 Å². The van der Waals surface area contributed by atoms with Gasteiger partial charge in [-0.15, -0.1) is 0 Å². The lowest BCUT2D eigenvalue weighted by Crippen LogP contribution is -2.36. The van der Waals surface area contributed by atoms with E-state index in [0.29, 0.717) is 24.5 Å². The monoisotopic (exact) mass is 433 g/mol. The summed E-state index contributed by atoms with van der Waals surface area (Å²) in [6, 6.07) is 9.69. The lowest BCUT2D eigenvalue weighted by atomic mass is 9.90. The van der Waals surface area contributed by atoms with Gasteiger partial charge >= 0.3 is 0 Å². The molecule has 1 aliphatic rings. The van der Waals surface area contributed by atoms with Gasteiger partial charge in [-0.25, -0.2) is 9.97 Å². The largest absolute Gasteiger partial charge is 0.333 e. The van der Waals surface area contributed by atoms with Gasteiger partial charge in [0.05, 0.1) is 16.6 Å². The fourth-order valence-electron chi connectivity index (χ4n) is 3.07. The number of rotatable bonds is 4. The van der Waals surface area contributed by atoms with E-state index in [1.807, 2.05) is 42.2 Å². The van der Waals surface area contributed by atoms with Crippen LogP contribution in [0.25, 0.3) is 0 Å². The third kappa shape index (κ3) is 4.51. The molecule has 0 aliphatic carbocycles. The van der Waals surface area contributed by atoms with Gasteiger partial charge in [-0.3, -0.25) is 9.59 Å². The summed E-state index contributed by atoms with van der Waals surface area (Å²) in [6.45, 7) is 3.18. The van der Waals surface area contributed by atoms with E-state index in [0.717, 1.165) is 23.4 Å². The Morgan fingerprint density at radius 3 is 2.58 bits per heavy atom. The number of carbonyl (C=O) groups is 2. The summed E-state index contributed by atoms with van der Waals surface area (Å²) in [5, 5.41) is 0.336. The third-order valence-corrected chi connectivity index (χ3v) is 5.90. The lowest BCUT2D eigenvalue weighted by Gasteiger charge is -2.32. The minimum Gasteiger partial charge on any atom is -0.333 e. The highest BCUT2D eigenvalue weighted by atomic mass is 79.9. The fraction of sp³-hybridized carbons (Fsp3) is 0.368. The molecule has 1 fully saturated rings. The number of amides is 1. The van der Waals surface area contributed by atoms with Crippen molar-refractivity contribution in [2.24, 2.45) is 0 Å². The minimum absolute atomic E-state index is 0.00172. The second kappa shape index (κ2) is 8.77. The van der Waals surface area contributed by atoms with E-state index >= 15 is 0 Å². The van der Waals surface area contributed by atoms with Crippen molar-refractivity contribution in [2.45, 2.75) is 30.6 Å². The van der Waals surface area contributed by atoms with E-state index in [1.54, 1.807) is 6.20 Å². The second-order valence-electron chi connectivity index (χ2n) is 6.22. The fourth-order valence-corrected chi connectivity index (χ4v) is 4.18. The van der Waals surface area contributed by atoms with E-state index in [4.69, 9.17) is 0 Å². The van der Waals surface area contributed by atoms with Crippen molar-refractivity contribution in [3.05, 3.63) is 53.6 Å². The highest BCUT2D eigenvalue weighted by molar-refractivity contribution is 9.09. The van der Waals surface area contributed by atoms with Crippen LogP contribution in [0.1, 0.15) is 40.6 Å². The van der Waals surface area contributed by atoms with Crippen molar-refractivity contribution in [1.82, 2.24) is 14.9 Å². The molecule has 0 bridgehead atoms. The molecule has 5 nitrogen and oxygen atoms in total. The summed E-state index contributed by atoms with van der Waals surface area (Å²) in [7, 11) is 0. The summed E-state index contributed by atoms with van der Waals surface area (Å²) in [5.41, 5.74) is 1.42. The normalized spacial score (nSPS) is 15.1. The number of hydrogen-bond donors (Lipinski definition) is 0. The molecule has 3 rings (SSSR count). The van der Waals surface area contributed by atoms with E-state index in [-0.39, 0.29) is 22.3 Å². The van der Waals surface area contributed by atoms with Crippen LogP contribution in [0.3, 0.4) is 0 Å². The van der Waals surface area contributed by atoms with Crippen molar-refractivity contribution in [1.29, 1.82) is 0 Å². The minimum atomic E-state index is -0.00172. The van der Waals surface area contributed by atoms with Gasteiger partial charge in [0.25, 0.3) is 5.24 Å². The molecular formula is C19H20BrN3O2S. The summed E-state index contributed by atoms with van der Waals surface area (Å²) < 4.78 is 0. The number of alkyl halides is 1. The van der Waals surface area contributed by atoms with Gasteiger partial charge in [0, 0.05) is 30.1 Å².